The summed E-state index contributed by atoms with van der Waals surface area (Å²) >= 11 is 0. The number of carbonyl (C=O) groups is 2. The Morgan fingerprint density at radius 3 is 2.47 bits per heavy atom. The molecule has 0 bridgehead atoms. The van der Waals surface area contributed by atoms with Crippen LogP contribution in [0.25, 0.3) is 0 Å². The molecular formula is C11H12F2N2O4. The standard InChI is InChI=1S/C11H12F2N2O4/c12-9(13)6-15(3-4-16)10(17)8-2-1-7(5-14-8)11(18)19/h1-2,5,9,16H,3-4,6H2,(H,18,19). The summed E-state index contributed by atoms with van der Waals surface area (Å²) in [6, 6.07) is 2.30. The third-order valence-corrected chi connectivity index (χ3v) is 2.25. The highest BCUT2D eigenvalue weighted by molar-refractivity contribution is 5.93. The maximum Gasteiger partial charge on any atom is 0.337 e. The van der Waals surface area contributed by atoms with E-state index in [9.17, 15) is 18.4 Å². The van der Waals surface area contributed by atoms with Crippen LogP contribution in [0.2, 0.25) is 0 Å². The van der Waals surface area contributed by atoms with Crippen LogP contribution >= 0.6 is 0 Å². The fourth-order valence-corrected chi connectivity index (χ4v) is 1.37. The summed E-state index contributed by atoms with van der Waals surface area (Å²) in [6.07, 6.45) is -1.76. The molecule has 0 radical (unpaired) electrons. The van der Waals surface area contributed by atoms with Crippen LogP contribution in [0.1, 0.15) is 20.8 Å². The number of aromatic carboxylic acids is 1. The molecule has 0 aliphatic rings. The van der Waals surface area contributed by atoms with Crippen molar-refractivity contribution in [2.24, 2.45) is 0 Å². The van der Waals surface area contributed by atoms with Gasteiger partial charge < -0.3 is 15.1 Å². The van der Waals surface area contributed by atoms with E-state index < -0.39 is 31.5 Å². The normalized spacial score (nSPS) is 10.5. The van der Waals surface area contributed by atoms with Crippen LogP contribution < -0.4 is 0 Å². The number of amides is 1. The summed E-state index contributed by atoms with van der Waals surface area (Å²) in [6.45, 7) is -1.51. The number of hydrogen-bond acceptors (Lipinski definition) is 4. The number of rotatable bonds is 6. The third kappa shape index (κ3) is 4.25. The summed E-state index contributed by atoms with van der Waals surface area (Å²) in [5.74, 6) is -1.99. The smallest absolute Gasteiger partial charge is 0.337 e. The van der Waals surface area contributed by atoms with Gasteiger partial charge in [-0.05, 0) is 12.1 Å². The molecule has 19 heavy (non-hydrogen) atoms. The first-order valence-electron chi connectivity index (χ1n) is 5.33. The van der Waals surface area contributed by atoms with Gasteiger partial charge in [0.1, 0.15) is 5.69 Å². The van der Waals surface area contributed by atoms with Crippen LogP contribution in [0, 0.1) is 0 Å². The molecule has 1 aromatic heterocycles. The molecule has 1 amide bonds. The quantitative estimate of drug-likeness (QED) is 0.787. The lowest BCUT2D eigenvalue weighted by Gasteiger charge is -2.20. The Bertz CT molecular complexity index is 451. The Balaban J connectivity index is 2.86. The number of halogens is 2. The summed E-state index contributed by atoms with van der Waals surface area (Å²) < 4.78 is 24.6. The predicted molar refractivity (Wildman–Crippen MR) is 60.2 cm³/mol. The molecule has 1 aromatic rings. The second-order valence-electron chi connectivity index (χ2n) is 3.60. The van der Waals surface area contributed by atoms with Crippen LogP contribution in [0.5, 0.6) is 0 Å². The van der Waals surface area contributed by atoms with E-state index in [1.807, 2.05) is 0 Å². The molecule has 0 unspecified atom stereocenters. The highest BCUT2D eigenvalue weighted by Gasteiger charge is 2.20. The summed E-state index contributed by atoms with van der Waals surface area (Å²) in [7, 11) is 0. The van der Waals surface area contributed by atoms with Crippen molar-refractivity contribution in [1.29, 1.82) is 0 Å². The molecule has 0 spiro atoms. The second-order valence-corrected chi connectivity index (χ2v) is 3.60. The number of alkyl halides is 2. The van der Waals surface area contributed by atoms with Crippen LogP contribution in [0.4, 0.5) is 8.78 Å². The largest absolute Gasteiger partial charge is 0.478 e. The Kier molecular flexibility index (Phi) is 5.31. The Hall–Kier alpha value is -2.09. The summed E-state index contributed by atoms with van der Waals surface area (Å²) in [5.41, 5.74) is -0.266. The van der Waals surface area contributed by atoms with E-state index in [1.54, 1.807) is 0 Å². The van der Waals surface area contributed by atoms with Crippen molar-refractivity contribution in [1.82, 2.24) is 9.88 Å². The van der Waals surface area contributed by atoms with E-state index >= 15 is 0 Å². The molecule has 0 fully saturated rings. The van der Waals surface area contributed by atoms with Crippen LogP contribution in [-0.4, -0.2) is 58.1 Å². The van der Waals surface area contributed by atoms with Gasteiger partial charge in [0.25, 0.3) is 12.3 Å². The number of aliphatic hydroxyl groups is 1. The molecule has 1 heterocycles. The molecule has 0 aromatic carbocycles. The molecule has 8 heteroatoms. The molecule has 0 saturated carbocycles. The number of carbonyl (C=O) groups excluding carboxylic acids is 1. The Morgan fingerprint density at radius 1 is 1.37 bits per heavy atom. The van der Waals surface area contributed by atoms with E-state index in [-0.39, 0.29) is 17.8 Å². The molecule has 1 rings (SSSR count). The van der Waals surface area contributed by atoms with Gasteiger partial charge in [-0.1, -0.05) is 0 Å². The van der Waals surface area contributed by atoms with Crippen LogP contribution in [-0.2, 0) is 0 Å². The van der Waals surface area contributed by atoms with E-state index in [0.29, 0.717) is 0 Å². The van der Waals surface area contributed by atoms with Gasteiger partial charge in [0.05, 0.1) is 18.7 Å². The fourth-order valence-electron chi connectivity index (χ4n) is 1.37. The second kappa shape index (κ2) is 6.74. The lowest BCUT2D eigenvalue weighted by atomic mass is 10.2. The Morgan fingerprint density at radius 2 is 2.05 bits per heavy atom. The molecule has 0 aliphatic carbocycles. The first-order chi connectivity index (χ1) is 8.95. The number of hydrogen-bond donors (Lipinski definition) is 2. The highest BCUT2D eigenvalue weighted by Crippen LogP contribution is 2.07. The fraction of sp³-hybridized carbons (Fsp3) is 0.364. The van der Waals surface area contributed by atoms with E-state index in [1.165, 1.54) is 0 Å². The monoisotopic (exact) mass is 274 g/mol. The van der Waals surface area contributed by atoms with Gasteiger partial charge in [0.15, 0.2) is 0 Å². The van der Waals surface area contributed by atoms with Gasteiger partial charge >= 0.3 is 5.97 Å². The maximum atomic E-state index is 12.3. The van der Waals surface area contributed by atoms with Crippen LogP contribution in [0.15, 0.2) is 18.3 Å². The minimum absolute atomic E-state index is 0.112. The first-order valence-corrected chi connectivity index (χ1v) is 5.33. The third-order valence-electron chi connectivity index (χ3n) is 2.25. The molecule has 0 atom stereocenters. The zero-order valence-electron chi connectivity index (χ0n) is 9.79. The average molecular weight is 274 g/mol. The molecular weight excluding hydrogens is 262 g/mol. The van der Waals surface area contributed by atoms with Gasteiger partial charge in [-0.2, -0.15) is 0 Å². The van der Waals surface area contributed by atoms with Gasteiger partial charge in [-0.25, -0.2) is 13.6 Å². The first kappa shape index (κ1) is 15.0. The van der Waals surface area contributed by atoms with Crippen LogP contribution in [0.3, 0.4) is 0 Å². The highest BCUT2D eigenvalue weighted by atomic mass is 19.3. The van der Waals surface area contributed by atoms with Crippen molar-refractivity contribution in [3.63, 3.8) is 0 Å². The molecule has 0 saturated heterocycles. The zero-order chi connectivity index (χ0) is 14.4. The minimum Gasteiger partial charge on any atom is -0.478 e. The SMILES string of the molecule is O=C(O)c1ccc(C(=O)N(CCO)CC(F)F)nc1. The lowest BCUT2D eigenvalue weighted by molar-refractivity contribution is 0.0504. The summed E-state index contributed by atoms with van der Waals surface area (Å²) in [5, 5.41) is 17.4. The number of aliphatic hydroxyl groups excluding tert-OH is 1. The van der Waals surface area contributed by atoms with Crippen molar-refractivity contribution in [3.05, 3.63) is 29.6 Å². The minimum atomic E-state index is -2.73. The Labute approximate surface area is 107 Å². The molecule has 0 aliphatic heterocycles. The van der Waals surface area contributed by atoms with Crippen molar-refractivity contribution >= 4 is 11.9 Å². The molecule has 6 nitrogen and oxygen atoms in total. The lowest BCUT2D eigenvalue weighted by Crippen LogP contribution is -2.37. The zero-order valence-corrected chi connectivity index (χ0v) is 9.79. The van der Waals surface area contributed by atoms with Crippen molar-refractivity contribution in [2.75, 3.05) is 19.7 Å². The number of carboxylic acids is 1. The predicted octanol–water partition coefficient (Wildman–Crippen LogP) is 0.479. The van der Waals surface area contributed by atoms with Crippen molar-refractivity contribution in [3.8, 4) is 0 Å². The maximum absolute atomic E-state index is 12.3. The average Bonchev–Trinajstić information content (AvgIpc) is 2.37. The topological polar surface area (TPSA) is 90.7 Å². The van der Waals surface area contributed by atoms with Crippen molar-refractivity contribution < 1.29 is 28.6 Å². The molecule has 104 valence electrons. The number of pyridine rings is 1. The number of carboxylic acid groups (broad SMARTS) is 1. The van der Waals surface area contributed by atoms with Gasteiger partial charge in [0, 0.05) is 12.7 Å². The van der Waals surface area contributed by atoms with E-state index in [4.69, 9.17) is 10.2 Å². The molecule has 2 N–H and O–H groups in total. The van der Waals surface area contributed by atoms with Crippen molar-refractivity contribution in [2.45, 2.75) is 6.43 Å². The van der Waals surface area contributed by atoms with Gasteiger partial charge in [0.2, 0.25) is 0 Å². The van der Waals surface area contributed by atoms with Gasteiger partial charge in [-0.3, -0.25) is 9.78 Å². The van der Waals surface area contributed by atoms with E-state index in [2.05, 4.69) is 4.98 Å². The van der Waals surface area contributed by atoms with Gasteiger partial charge in [-0.15, -0.1) is 0 Å². The number of aromatic nitrogens is 1. The van der Waals surface area contributed by atoms with E-state index in [0.717, 1.165) is 23.2 Å². The number of nitrogens with zero attached hydrogens (tertiary/aromatic N) is 2. The summed E-state index contributed by atoms with van der Waals surface area (Å²) in [4.78, 5) is 26.8.